The van der Waals surface area contributed by atoms with Gasteiger partial charge in [0.25, 0.3) is 0 Å². The van der Waals surface area contributed by atoms with E-state index in [9.17, 15) is 5.11 Å². The van der Waals surface area contributed by atoms with Crippen molar-refractivity contribution < 1.29 is 5.11 Å². The van der Waals surface area contributed by atoms with Gasteiger partial charge in [-0.05, 0) is 26.0 Å². The minimum Gasteiger partial charge on any atom is -0.387 e. The quantitative estimate of drug-likeness (QED) is 0.579. The summed E-state index contributed by atoms with van der Waals surface area (Å²) in [6, 6.07) is 1.82. The van der Waals surface area contributed by atoms with Crippen LogP contribution in [0, 0.1) is 6.92 Å². The highest BCUT2D eigenvalue weighted by Crippen LogP contribution is 2.12. The molecule has 0 saturated carbocycles. The Morgan fingerprint density at radius 2 is 2.55 bits per heavy atom. The number of nitrogens with one attached hydrogen (secondary N) is 1. The van der Waals surface area contributed by atoms with E-state index >= 15 is 0 Å². The molecule has 4 nitrogen and oxygen atoms in total. The molecule has 1 rings (SSSR count). The number of hydrogen-bond donors (Lipinski definition) is 3. The van der Waals surface area contributed by atoms with Crippen molar-refractivity contribution >= 4 is 0 Å². The SMILES string of the molecule is Cc1cc([C@H](O)CCN)n[nH]1. The first-order valence-corrected chi connectivity index (χ1v) is 3.64. The zero-order chi connectivity index (χ0) is 8.27. The number of aliphatic hydroxyl groups excluding tert-OH is 1. The first-order valence-electron chi connectivity index (χ1n) is 3.64. The lowest BCUT2D eigenvalue weighted by atomic mass is 10.2. The maximum absolute atomic E-state index is 9.37. The summed E-state index contributed by atoms with van der Waals surface area (Å²) >= 11 is 0. The van der Waals surface area contributed by atoms with Crippen LogP contribution >= 0.6 is 0 Å². The molecule has 0 aliphatic carbocycles. The van der Waals surface area contributed by atoms with Crippen LogP contribution < -0.4 is 5.73 Å². The van der Waals surface area contributed by atoms with Crippen LogP contribution in [0.1, 0.15) is 23.9 Å². The molecule has 0 unspecified atom stereocenters. The molecule has 0 spiro atoms. The molecule has 4 heteroatoms. The average Bonchev–Trinajstić information content (AvgIpc) is 2.36. The van der Waals surface area contributed by atoms with Gasteiger partial charge in [0.2, 0.25) is 0 Å². The highest BCUT2D eigenvalue weighted by atomic mass is 16.3. The van der Waals surface area contributed by atoms with Crippen molar-refractivity contribution in [3.05, 3.63) is 17.5 Å². The molecule has 0 bridgehead atoms. The number of aromatic nitrogens is 2. The summed E-state index contributed by atoms with van der Waals surface area (Å²) in [6.45, 7) is 2.37. The Bertz CT molecular complexity index is 221. The molecule has 0 aliphatic rings. The number of aryl methyl sites for hydroxylation is 1. The molecule has 4 N–H and O–H groups in total. The third kappa shape index (κ3) is 2.03. The summed E-state index contributed by atoms with van der Waals surface area (Å²) in [6.07, 6.45) is 0.0366. The van der Waals surface area contributed by atoms with Crippen LogP contribution in [0.15, 0.2) is 6.07 Å². The zero-order valence-electron chi connectivity index (χ0n) is 6.54. The van der Waals surface area contributed by atoms with Gasteiger partial charge in [-0.15, -0.1) is 0 Å². The maximum atomic E-state index is 9.37. The Kier molecular flexibility index (Phi) is 2.62. The minimum absolute atomic E-state index is 0.479. The Hall–Kier alpha value is -0.870. The Morgan fingerprint density at radius 1 is 1.82 bits per heavy atom. The van der Waals surface area contributed by atoms with Gasteiger partial charge in [0.15, 0.2) is 0 Å². The van der Waals surface area contributed by atoms with Crippen LogP contribution in [0.5, 0.6) is 0 Å². The van der Waals surface area contributed by atoms with Crippen LogP contribution in [0.25, 0.3) is 0 Å². The Labute approximate surface area is 65.4 Å². The largest absolute Gasteiger partial charge is 0.387 e. The van der Waals surface area contributed by atoms with Gasteiger partial charge in [0.1, 0.15) is 0 Å². The molecular weight excluding hydrogens is 142 g/mol. The molecular formula is C7H13N3O. The summed E-state index contributed by atoms with van der Waals surface area (Å²) in [4.78, 5) is 0. The van der Waals surface area contributed by atoms with E-state index in [1.165, 1.54) is 0 Å². The van der Waals surface area contributed by atoms with E-state index in [1.54, 1.807) is 0 Å². The second kappa shape index (κ2) is 3.50. The van der Waals surface area contributed by atoms with E-state index in [0.717, 1.165) is 5.69 Å². The summed E-state index contributed by atoms with van der Waals surface area (Å²) in [5.41, 5.74) is 6.90. The number of rotatable bonds is 3. The molecule has 1 heterocycles. The van der Waals surface area contributed by atoms with Crippen LogP contribution in [0.3, 0.4) is 0 Å². The van der Waals surface area contributed by atoms with Crippen molar-refractivity contribution in [2.24, 2.45) is 5.73 Å². The number of aliphatic hydroxyl groups is 1. The van der Waals surface area contributed by atoms with Gasteiger partial charge < -0.3 is 10.8 Å². The second-order valence-corrected chi connectivity index (χ2v) is 2.57. The topological polar surface area (TPSA) is 74.9 Å². The molecule has 62 valence electrons. The average molecular weight is 155 g/mol. The number of nitrogens with two attached hydrogens (primary N) is 1. The molecule has 0 aliphatic heterocycles. The molecule has 1 aromatic rings. The van der Waals surface area contributed by atoms with Crippen LogP contribution in [0.2, 0.25) is 0 Å². The Balaban J connectivity index is 2.60. The van der Waals surface area contributed by atoms with Crippen LogP contribution in [-0.4, -0.2) is 21.8 Å². The summed E-state index contributed by atoms with van der Waals surface area (Å²) in [5, 5.41) is 16.0. The third-order valence-corrected chi connectivity index (χ3v) is 1.51. The number of H-pyrrole nitrogens is 1. The monoisotopic (exact) mass is 155 g/mol. The standard InChI is InChI=1S/C7H13N3O/c1-5-4-6(10-9-5)7(11)2-3-8/h4,7,11H,2-3,8H2,1H3,(H,9,10)/t7-/m1/s1. The van der Waals surface area contributed by atoms with Gasteiger partial charge in [-0.1, -0.05) is 0 Å². The number of hydrogen-bond acceptors (Lipinski definition) is 3. The second-order valence-electron chi connectivity index (χ2n) is 2.57. The van der Waals surface area contributed by atoms with E-state index in [4.69, 9.17) is 5.73 Å². The number of aromatic amines is 1. The molecule has 0 saturated heterocycles. The molecule has 0 aromatic carbocycles. The first kappa shape index (κ1) is 8.23. The van der Waals surface area contributed by atoms with Crippen molar-refractivity contribution in [3.63, 3.8) is 0 Å². The van der Waals surface area contributed by atoms with Gasteiger partial charge in [0.05, 0.1) is 11.8 Å². The van der Waals surface area contributed by atoms with Gasteiger partial charge in [-0.25, -0.2) is 0 Å². The molecule has 1 atom stereocenters. The lowest BCUT2D eigenvalue weighted by Crippen LogP contribution is -2.06. The van der Waals surface area contributed by atoms with E-state index in [1.807, 2.05) is 13.0 Å². The molecule has 0 radical (unpaired) electrons. The van der Waals surface area contributed by atoms with Crippen molar-refractivity contribution in [2.45, 2.75) is 19.4 Å². The van der Waals surface area contributed by atoms with E-state index < -0.39 is 6.10 Å². The smallest absolute Gasteiger partial charge is 0.0990 e. The van der Waals surface area contributed by atoms with E-state index in [2.05, 4.69) is 10.2 Å². The number of nitrogens with zero attached hydrogens (tertiary/aromatic N) is 1. The van der Waals surface area contributed by atoms with Crippen molar-refractivity contribution in [2.75, 3.05) is 6.54 Å². The van der Waals surface area contributed by atoms with Crippen molar-refractivity contribution in [3.8, 4) is 0 Å². The van der Waals surface area contributed by atoms with E-state index in [-0.39, 0.29) is 0 Å². The maximum Gasteiger partial charge on any atom is 0.0990 e. The fraction of sp³-hybridized carbons (Fsp3) is 0.571. The Morgan fingerprint density at radius 3 is 3.00 bits per heavy atom. The van der Waals surface area contributed by atoms with Gasteiger partial charge in [-0.2, -0.15) is 5.10 Å². The highest BCUT2D eigenvalue weighted by Gasteiger charge is 2.08. The summed E-state index contributed by atoms with van der Waals surface area (Å²) in [7, 11) is 0. The van der Waals surface area contributed by atoms with E-state index in [0.29, 0.717) is 18.7 Å². The van der Waals surface area contributed by atoms with Crippen LogP contribution in [0.4, 0.5) is 0 Å². The first-order chi connectivity index (χ1) is 5.24. The van der Waals surface area contributed by atoms with Gasteiger partial charge in [-0.3, -0.25) is 5.10 Å². The lowest BCUT2D eigenvalue weighted by Gasteiger charge is -2.03. The van der Waals surface area contributed by atoms with Crippen molar-refractivity contribution in [1.82, 2.24) is 10.2 Å². The fourth-order valence-corrected chi connectivity index (χ4v) is 0.916. The van der Waals surface area contributed by atoms with Crippen LogP contribution in [-0.2, 0) is 0 Å². The fourth-order valence-electron chi connectivity index (χ4n) is 0.916. The van der Waals surface area contributed by atoms with Crippen molar-refractivity contribution in [1.29, 1.82) is 0 Å². The molecule has 0 amide bonds. The molecule has 11 heavy (non-hydrogen) atoms. The van der Waals surface area contributed by atoms with Gasteiger partial charge >= 0.3 is 0 Å². The third-order valence-electron chi connectivity index (χ3n) is 1.51. The molecule has 1 aromatic heterocycles. The molecule has 0 fully saturated rings. The predicted octanol–water partition coefficient (Wildman–Crippen LogP) is 0.100. The normalized spacial score (nSPS) is 13.4. The highest BCUT2D eigenvalue weighted by molar-refractivity contribution is 5.09. The zero-order valence-corrected chi connectivity index (χ0v) is 6.54. The summed E-state index contributed by atoms with van der Waals surface area (Å²) in [5.74, 6) is 0. The van der Waals surface area contributed by atoms with Gasteiger partial charge in [0, 0.05) is 5.69 Å². The lowest BCUT2D eigenvalue weighted by molar-refractivity contribution is 0.165. The summed E-state index contributed by atoms with van der Waals surface area (Å²) < 4.78 is 0. The predicted molar refractivity (Wildman–Crippen MR) is 42.0 cm³/mol. The minimum atomic E-state index is -0.523.